The lowest BCUT2D eigenvalue weighted by atomic mass is 9.78. The molecule has 1 aromatic carbocycles. The summed E-state index contributed by atoms with van der Waals surface area (Å²) in [5.41, 5.74) is 2.31. The Morgan fingerprint density at radius 3 is 2.83 bits per heavy atom. The number of piperidine rings is 1. The minimum atomic E-state index is -0.369. The van der Waals surface area contributed by atoms with Crippen LogP contribution in [0.5, 0.6) is 0 Å². The van der Waals surface area contributed by atoms with Crippen LogP contribution in [-0.2, 0) is 16.0 Å². The van der Waals surface area contributed by atoms with E-state index in [-0.39, 0.29) is 29.8 Å². The van der Waals surface area contributed by atoms with Crippen LogP contribution in [0.4, 0.5) is 0 Å². The van der Waals surface area contributed by atoms with Gasteiger partial charge in [-0.1, -0.05) is 24.3 Å². The lowest BCUT2D eigenvalue weighted by Gasteiger charge is -2.37. The number of rotatable bonds is 4. The Labute approximate surface area is 144 Å². The minimum Gasteiger partial charge on any atom is -0.384 e. The summed E-state index contributed by atoms with van der Waals surface area (Å²) in [5, 5.41) is 6.66. The van der Waals surface area contributed by atoms with Gasteiger partial charge in [0.1, 0.15) is 0 Å². The third kappa shape index (κ3) is 3.87. The summed E-state index contributed by atoms with van der Waals surface area (Å²) in [7, 11) is 1.69. The molecular weight excluding hydrogens is 312 g/mol. The van der Waals surface area contributed by atoms with E-state index < -0.39 is 0 Å². The average molecular weight is 339 g/mol. The molecule has 3 rings (SSSR count). The van der Waals surface area contributed by atoms with Crippen LogP contribution in [0.25, 0.3) is 0 Å². The molecule has 1 fully saturated rings. The Kier molecular flexibility index (Phi) is 6.45. The molecule has 0 bridgehead atoms. The monoisotopic (exact) mass is 338 g/mol. The molecule has 2 aliphatic rings. The summed E-state index contributed by atoms with van der Waals surface area (Å²) in [6, 6.07) is 8.65. The summed E-state index contributed by atoms with van der Waals surface area (Å²) in [6.07, 6.45) is 4.99. The zero-order chi connectivity index (χ0) is 15.4. The van der Waals surface area contributed by atoms with E-state index in [1.54, 1.807) is 7.11 Å². The lowest BCUT2D eigenvalue weighted by molar-refractivity contribution is -0.137. The zero-order valence-electron chi connectivity index (χ0n) is 13.8. The van der Waals surface area contributed by atoms with Crippen molar-refractivity contribution in [3.63, 3.8) is 0 Å². The maximum absolute atomic E-state index is 13.0. The van der Waals surface area contributed by atoms with Gasteiger partial charge >= 0.3 is 0 Å². The number of ether oxygens (including phenoxy) is 1. The number of hydrogen-bond donors (Lipinski definition) is 2. The van der Waals surface area contributed by atoms with E-state index in [1.807, 2.05) is 0 Å². The first kappa shape index (κ1) is 18.2. The third-order valence-corrected chi connectivity index (χ3v) is 5.14. The lowest BCUT2D eigenvalue weighted by Crippen LogP contribution is -2.51. The normalized spacial score (nSPS) is 22.6. The first-order chi connectivity index (χ1) is 10.7. The zero-order valence-corrected chi connectivity index (χ0v) is 14.6. The van der Waals surface area contributed by atoms with Crippen LogP contribution in [0.3, 0.4) is 0 Å². The predicted octanol–water partition coefficient (Wildman–Crippen LogP) is 2.62. The summed E-state index contributed by atoms with van der Waals surface area (Å²) in [5.74, 6) is 0.164. The molecule has 1 heterocycles. The SMILES string of the molecule is COCC1(C(=O)NC2CCCc3ccccc32)CCNCC1.Cl. The van der Waals surface area contributed by atoms with Gasteiger partial charge in [-0.05, 0) is 56.3 Å². The molecule has 0 spiro atoms. The fourth-order valence-corrected chi connectivity index (χ4v) is 3.83. The highest BCUT2D eigenvalue weighted by atomic mass is 35.5. The Bertz CT molecular complexity index is 524. The van der Waals surface area contributed by atoms with Gasteiger partial charge in [0.15, 0.2) is 0 Å². The predicted molar refractivity (Wildman–Crippen MR) is 93.9 cm³/mol. The fourth-order valence-electron chi connectivity index (χ4n) is 3.83. The average Bonchev–Trinajstić information content (AvgIpc) is 2.56. The standard InChI is InChI=1S/C18H26N2O2.ClH/c1-22-13-18(9-11-19-12-10-18)17(21)20-16-8-4-6-14-5-2-3-7-15(14)16;/h2-3,5,7,16,19H,4,6,8-13H2,1H3,(H,20,21);1H. The van der Waals surface area contributed by atoms with Gasteiger partial charge in [0.05, 0.1) is 18.1 Å². The maximum atomic E-state index is 13.0. The Balaban J connectivity index is 0.00000192. The van der Waals surface area contributed by atoms with Crippen LogP contribution >= 0.6 is 12.4 Å². The van der Waals surface area contributed by atoms with E-state index in [0.717, 1.165) is 45.2 Å². The van der Waals surface area contributed by atoms with E-state index in [0.29, 0.717) is 6.61 Å². The van der Waals surface area contributed by atoms with E-state index >= 15 is 0 Å². The molecule has 1 aromatic rings. The number of benzene rings is 1. The molecular formula is C18H27ClN2O2. The second kappa shape index (κ2) is 8.13. The van der Waals surface area contributed by atoms with E-state index in [2.05, 4.69) is 34.9 Å². The van der Waals surface area contributed by atoms with Gasteiger partial charge in [0.25, 0.3) is 0 Å². The molecule has 0 radical (unpaired) electrons. The molecule has 1 atom stereocenters. The number of carbonyl (C=O) groups excluding carboxylic acids is 1. The number of fused-ring (bicyclic) bond motifs is 1. The molecule has 23 heavy (non-hydrogen) atoms. The second-order valence-corrected chi connectivity index (χ2v) is 6.58. The third-order valence-electron chi connectivity index (χ3n) is 5.14. The Morgan fingerprint density at radius 2 is 2.09 bits per heavy atom. The van der Waals surface area contributed by atoms with Crippen molar-refractivity contribution < 1.29 is 9.53 Å². The number of amides is 1. The van der Waals surface area contributed by atoms with Crippen LogP contribution in [0.15, 0.2) is 24.3 Å². The van der Waals surface area contributed by atoms with Gasteiger partial charge in [0, 0.05) is 7.11 Å². The van der Waals surface area contributed by atoms with Crippen LogP contribution in [0, 0.1) is 5.41 Å². The Hall–Kier alpha value is -1.10. The fraction of sp³-hybridized carbons (Fsp3) is 0.611. The van der Waals surface area contributed by atoms with Gasteiger partial charge in [0.2, 0.25) is 5.91 Å². The van der Waals surface area contributed by atoms with Crippen molar-refractivity contribution in [1.29, 1.82) is 0 Å². The number of hydrogen-bond acceptors (Lipinski definition) is 3. The summed E-state index contributed by atoms with van der Waals surface area (Å²) in [6.45, 7) is 2.28. The van der Waals surface area contributed by atoms with E-state index in [4.69, 9.17) is 4.74 Å². The second-order valence-electron chi connectivity index (χ2n) is 6.58. The van der Waals surface area contributed by atoms with E-state index in [1.165, 1.54) is 11.1 Å². The molecule has 2 N–H and O–H groups in total. The first-order valence-corrected chi connectivity index (χ1v) is 8.34. The topological polar surface area (TPSA) is 50.4 Å². The van der Waals surface area contributed by atoms with Gasteiger partial charge in [-0.3, -0.25) is 4.79 Å². The highest BCUT2D eigenvalue weighted by molar-refractivity contribution is 5.85. The smallest absolute Gasteiger partial charge is 0.229 e. The van der Waals surface area contributed by atoms with Crippen LogP contribution < -0.4 is 10.6 Å². The van der Waals surface area contributed by atoms with Crippen molar-refractivity contribution in [1.82, 2.24) is 10.6 Å². The molecule has 1 amide bonds. The summed E-state index contributed by atoms with van der Waals surface area (Å²) >= 11 is 0. The largest absolute Gasteiger partial charge is 0.384 e. The molecule has 1 aliphatic carbocycles. The molecule has 1 saturated heterocycles. The molecule has 4 nitrogen and oxygen atoms in total. The molecule has 1 aliphatic heterocycles. The molecule has 128 valence electrons. The summed E-state index contributed by atoms with van der Waals surface area (Å²) in [4.78, 5) is 13.0. The number of nitrogens with one attached hydrogen (secondary N) is 2. The van der Waals surface area contributed by atoms with Gasteiger partial charge < -0.3 is 15.4 Å². The summed E-state index contributed by atoms with van der Waals surface area (Å²) < 4.78 is 5.38. The van der Waals surface area contributed by atoms with Crippen molar-refractivity contribution in [2.75, 3.05) is 26.8 Å². The van der Waals surface area contributed by atoms with Gasteiger partial charge in [-0.2, -0.15) is 0 Å². The van der Waals surface area contributed by atoms with Gasteiger partial charge in [-0.25, -0.2) is 0 Å². The van der Waals surface area contributed by atoms with Crippen molar-refractivity contribution in [2.45, 2.75) is 38.1 Å². The quantitative estimate of drug-likeness (QED) is 0.887. The molecule has 5 heteroatoms. The van der Waals surface area contributed by atoms with Crippen molar-refractivity contribution in [2.24, 2.45) is 5.41 Å². The maximum Gasteiger partial charge on any atom is 0.229 e. The van der Waals surface area contributed by atoms with Crippen molar-refractivity contribution in [3.05, 3.63) is 35.4 Å². The van der Waals surface area contributed by atoms with Crippen LogP contribution in [-0.4, -0.2) is 32.7 Å². The minimum absolute atomic E-state index is 0. The number of carbonyl (C=O) groups is 1. The molecule has 0 aromatic heterocycles. The highest BCUT2D eigenvalue weighted by Crippen LogP contribution is 2.34. The molecule has 0 saturated carbocycles. The molecule has 1 unspecified atom stereocenters. The highest BCUT2D eigenvalue weighted by Gasteiger charge is 2.40. The number of aryl methyl sites for hydroxylation is 1. The number of methoxy groups -OCH3 is 1. The van der Waals surface area contributed by atoms with E-state index in [9.17, 15) is 4.79 Å². The van der Waals surface area contributed by atoms with Gasteiger partial charge in [-0.15, -0.1) is 12.4 Å². The van der Waals surface area contributed by atoms with Crippen LogP contribution in [0.2, 0.25) is 0 Å². The van der Waals surface area contributed by atoms with Crippen LogP contribution in [0.1, 0.15) is 42.9 Å². The Morgan fingerprint density at radius 1 is 1.35 bits per heavy atom. The van der Waals surface area contributed by atoms with Crippen molar-refractivity contribution in [3.8, 4) is 0 Å². The number of halogens is 1. The van der Waals surface area contributed by atoms with Crippen molar-refractivity contribution >= 4 is 18.3 Å². The first-order valence-electron chi connectivity index (χ1n) is 8.34.